The maximum absolute atomic E-state index is 4.14. The van der Waals surface area contributed by atoms with Crippen LogP contribution in [-0.2, 0) is 0 Å². The van der Waals surface area contributed by atoms with Crippen molar-refractivity contribution in [3.8, 4) is 0 Å². The highest BCUT2D eigenvalue weighted by atomic mass is 32.2. The SMILES string of the molecule is CCCSCCCCS. The minimum Gasteiger partial charge on any atom is -0.179 e. The van der Waals surface area contributed by atoms with Crippen LogP contribution in [0.3, 0.4) is 0 Å². The highest BCUT2D eigenvalue weighted by Crippen LogP contribution is 2.05. The van der Waals surface area contributed by atoms with Gasteiger partial charge < -0.3 is 0 Å². The van der Waals surface area contributed by atoms with Crippen LogP contribution in [-0.4, -0.2) is 17.3 Å². The third-order valence-corrected chi connectivity index (χ3v) is 2.64. The van der Waals surface area contributed by atoms with E-state index in [9.17, 15) is 0 Å². The summed E-state index contributed by atoms with van der Waals surface area (Å²) >= 11 is 6.20. The molecule has 0 saturated carbocycles. The second-order valence-corrected chi connectivity index (χ2v) is 3.72. The third-order valence-electron chi connectivity index (χ3n) is 1.05. The highest BCUT2D eigenvalue weighted by Gasteiger charge is 1.85. The largest absolute Gasteiger partial charge is 0.179 e. The van der Waals surface area contributed by atoms with Gasteiger partial charge in [0.25, 0.3) is 0 Å². The molecule has 0 aromatic rings. The first-order chi connectivity index (χ1) is 4.41. The molecule has 0 nitrogen and oxygen atoms in total. The van der Waals surface area contributed by atoms with Gasteiger partial charge in [-0.15, -0.1) is 0 Å². The van der Waals surface area contributed by atoms with Crippen molar-refractivity contribution in [1.29, 1.82) is 0 Å². The van der Waals surface area contributed by atoms with E-state index in [-0.39, 0.29) is 0 Å². The fourth-order valence-corrected chi connectivity index (χ4v) is 1.69. The molecule has 0 bridgehead atoms. The van der Waals surface area contributed by atoms with Gasteiger partial charge in [0.05, 0.1) is 0 Å². The highest BCUT2D eigenvalue weighted by molar-refractivity contribution is 7.99. The van der Waals surface area contributed by atoms with Crippen LogP contribution in [0.1, 0.15) is 26.2 Å². The topological polar surface area (TPSA) is 0 Å². The van der Waals surface area contributed by atoms with Crippen molar-refractivity contribution in [1.82, 2.24) is 0 Å². The Kier molecular flexibility index (Phi) is 9.38. The molecule has 0 atom stereocenters. The normalized spacial score (nSPS) is 10.0. The number of hydrogen-bond donors (Lipinski definition) is 1. The van der Waals surface area contributed by atoms with E-state index < -0.39 is 0 Å². The average Bonchev–Trinajstić information content (AvgIpc) is 1.89. The Bertz CT molecular complexity index is 40.2. The van der Waals surface area contributed by atoms with E-state index in [0.717, 1.165) is 5.75 Å². The summed E-state index contributed by atoms with van der Waals surface area (Å²) in [6, 6.07) is 0. The summed E-state index contributed by atoms with van der Waals surface area (Å²) in [5.41, 5.74) is 0. The third kappa shape index (κ3) is 8.70. The van der Waals surface area contributed by atoms with E-state index in [1.807, 2.05) is 0 Å². The maximum atomic E-state index is 4.14. The lowest BCUT2D eigenvalue weighted by Gasteiger charge is -1.96. The lowest BCUT2D eigenvalue weighted by atomic mass is 10.4. The monoisotopic (exact) mass is 164 g/mol. The molecule has 0 N–H and O–H groups in total. The van der Waals surface area contributed by atoms with E-state index in [2.05, 4.69) is 31.3 Å². The van der Waals surface area contributed by atoms with Gasteiger partial charge in [-0.25, -0.2) is 0 Å². The Labute approximate surface area is 68.2 Å². The lowest BCUT2D eigenvalue weighted by molar-refractivity contribution is 0.908. The Morgan fingerprint density at radius 1 is 1.22 bits per heavy atom. The lowest BCUT2D eigenvalue weighted by Crippen LogP contribution is -1.82. The average molecular weight is 164 g/mol. The van der Waals surface area contributed by atoms with Crippen molar-refractivity contribution < 1.29 is 0 Å². The summed E-state index contributed by atoms with van der Waals surface area (Å²) in [5.74, 6) is 3.70. The molecule has 0 aliphatic carbocycles. The van der Waals surface area contributed by atoms with E-state index in [0.29, 0.717) is 0 Å². The van der Waals surface area contributed by atoms with Gasteiger partial charge in [0, 0.05) is 0 Å². The molecule has 0 heterocycles. The number of thioether (sulfide) groups is 1. The van der Waals surface area contributed by atoms with Gasteiger partial charge in [0.15, 0.2) is 0 Å². The quantitative estimate of drug-likeness (QED) is 0.465. The minimum atomic E-state index is 1.05. The molecule has 0 aromatic carbocycles. The molecule has 0 radical (unpaired) electrons. The molecule has 0 rings (SSSR count). The molecule has 0 saturated heterocycles. The molecule has 0 aliphatic rings. The number of hydrogen-bond acceptors (Lipinski definition) is 2. The molecular weight excluding hydrogens is 148 g/mol. The van der Waals surface area contributed by atoms with Crippen LogP contribution in [0, 0.1) is 0 Å². The smallest absolute Gasteiger partial charge is 0.00672 e. The molecule has 0 spiro atoms. The fraction of sp³-hybridized carbons (Fsp3) is 1.00. The molecular formula is C7H16S2. The molecule has 0 amide bonds. The summed E-state index contributed by atoms with van der Waals surface area (Å²) in [6.45, 7) is 2.23. The van der Waals surface area contributed by atoms with Gasteiger partial charge in [-0.2, -0.15) is 24.4 Å². The van der Waals surface area contributed by atoms with Crippen LogP contribution < -0.4 is 0 Å². The zero-order valence-corrected chi connectivity index (χ0v) is 7.81. The standard InChI is InChI=1S/C7H16S2/c1-2-6-9-7-4-3-5-8/h8H,2-7H2,1H3. The molecule has 0 aromatic heterocycles. The van der Waals surface area contributed by atoms with Crippen molar-refractivity contribution in [3.05, 3.63) is 0 Å². The maximum Gasteiger partial charge on any atom is -0.00672 e. The van der Waals surface area contributed by atoms with Gasteiger partial charge in [-0.1, -0.05) is 6.92 Å². The Morgan fingerprint density at radius 2 is 2.00 bits per heavy atom. The van der Waals surface area contributed by atoms with Crippen LogP contribution in [0.15, 0.2) is 0 Å². The van der Waals surface area contributed by atoms with Gasteiger partial charge >= 0.3 is 0 Å². The first-order valence-corrected chi connectivity index (χ1v) is 5.39. The number of rotatable bonds is 6. The van der Waals surface area contributed by atoms with E-state index in [1.54, 1.807) is 0 Å². The van der Waals surface area contributed by atoms with Crippen LogP contribution in [0.25, 0.3) is 0 Å². The molecule has 9 heavy (non-hydrogen) atoms. The van der Waals surface area contributed by atoms with E-state index >= 15 is 0 Å². The van der Waals surface area contributed by atoms with E-state index in [1.165, 1.54) is 30.8 Å². The van der Waals surface area contributed by atoms with Crippen LogP contribution in [0.4, 0.5) is 0 Å². The zero-order valence-electron chi connectivity index (χ0n) is 6.10. The number of unbranched alkanes of at least 4 members (excludes halogenated alkanes) is 1. The summed E-state index contributed by atoms with van der Waals surface area (Å²) in [5, 5.41) is 0. The molecule has 0 aliphatic heterocycles. The molecule has 2 heteroatoms. The molecule has 56 valence electrons. The van der Waals surface area contributed by atoms with Crippen LogP contribution in [0.5, 0.6) is 0 Å². The predicted molar refractivity (Wildman–Crippen MR) is 50.7 cm³/mol. The van der Waals surface area contributed by atoms with Crippen molar-refractivity contribution >= 4 is 24.4 Å². The summed E-state index contributed by atoms with van der Waals surface area (Å²) in [6.07, 6.45) is 3.93. The van der Waals surface area contributed by atoms with Gasteiger partial charge in [-0.3, -0.25) is 0 Å². The van der Waals surface area contributed by atoms with Crippen molar-refractivity contribution in [2.75, 3.05) is 17.3 Å². The summed E-state index contributed by atoms with van der Waals surface area (Å²) in [7, 11) is 0. The summed E-state index contributed by atoms with van der Waals surface area (Å²) < 4.78 is 0. The molecule has 0 fully saturated rings. The van der Waals surface area contributed by atoms with Gasteiger partial charge in [0.1, 0.15) is 0 Å². The van der Waals surface area contributed by atoms with Crippen LogP contribution in [0.2, 0.25) is 0 Å². The van der Waals surface area contributed by atoms with Crippen molar-refractivity contribution in [2.24, 2.45) is 0 Å². The Balaban J connectivity index is 2.60. The first kappa shape index (κ1) is 9.70. The second kappa shape index (κ2) is 8.70. The Morgan fingerprint density at radius 3 is 2.56 bits per heavy atom. The van der Waals surface area contributed by atoms with E-state index in [4.69, 9.17) is 0 Å². The minimum absolute atomic E-state index is 1.05. The first-order valence-electron chi connectivity index (χ1n) is 3.60. The Hall–Kier alpha value is 0.700. The van der Waals surface area contributed by atoms with Crippen LogP contribution >= 0.6 is 24.4 Å². The zero-order chi connectivity index (χ0) is 6.95. The van der Waals surface area contributed by atoms with Crippen molar-refractivity contribution in [2.45, 2.75) is 26.2 Å². The second-order valence-electron chi connectivity index (χ2n) is 2.04. The van der Waals surface area contributed by atoms with Gasteiger partial charge in [-0.05, 0) is 36.5 Å². The molecule has 0 unspecified atom stereocenters. The summed E-state index contributed by atoms with van der Waals surface area (Å²) in [4.78, 5) is 0. The fourth-order valence-electron chi connectivity index (χ4n) is 0.562. The number of thiol groups is 1. The van der Waals surface area contributed by atoms with Crippen molar-refractivity contribution in [3.63, 3.8) is 0 Å². The predicted octanol–water partition coefficient (Wildman–Crippen LogP) is 2.84. The van der Waals surface area contributed by atoms with Gasteiger partial charge in [0.2, 0.25) is 0 Å².